The largest absolute Gasteiger partial charge is 0.313 e. The molecule has 0 saturated carbocycles. The van der Waals surface area contributed by atoms with Gasteiger partial charge < -0.3 is 10.3 Å². The number of hydrogen-bond acceptors (Lipinski definition) is 5. The van der Waals surface area contributed by atoms with E-state index in [1.165, 1.54) is 17.8 Å². The van der Waals surface area contributed by atoms with Gasteiger partial charge >= 0.3 is 0 Å². The predicted octanol–water partition coefficient (Wildman–Crippen LogP) is 2.43. The molecule has 0 amide bonds. The van der Waals surface area contributed by atoms with Crippen molar-refractivity contribution in [3.05, 3.63) is 45.5 Å². The lowest BCUT2D eigenvalue weighted by Gasteiger charge is -2.08. The highest BCUT2D eigenvalue weighted by Gasteiger charge is 2.07. The Balaban J connectivity index is 2.11. The molecule has 0 aliphatic rings. The summed E-state index contributed by atoms with van der Waals surface area (Å²) in [5.74, 6) is 0. The molecule has 2 heterocycles. The Kier molecular flexibility index (Phi) is 5.52. The van der Waals surface area contributed by atoms with Crippen molar-refractivity contribution in [3.63, 3.8) is 0 Å². The molecule has 0 saturated heterocycles. The van der Waals surface area contributed by atoms with E-state index in [1.807, 2.05) is 20.0 Å². The maximum Gasteiger partial charge on any atom is 0.251 e. The van der Waals surface area contributed by atoms with Gasteiger partial charge in [-0.3, -0.25) is 4.79 Å². The van der Waals surface area contributed by atoms with Gasteiger partial charge in [0.2, 0.25) is 0 Å². The molecule has 0 bridgehead atoms. The number of nitrogens with one attached hydrogen (secondary N) is 2. The van der Waals surface area contributed by atoms with E-state index in [0.717, 1.165) is 35.7 Å². The zero-order valence-corrected chi connectivity index (χ0v) is 13.4. The third kappa shape index (κ3) is 4.68. The molecule has 2 aromatic rings. The minimum atomic E-state index is -0.136. The lowest BCUT2D eigenvalue weighted by Crippen LogP contribution is -2.14. The van der Waals surface area contributed by atoms with Gasteiger partial charge in [0, 0.05) is 24.5 Å². The molecule has 6 heteroatoms. The van der Waals surface area contributed by atoms with E-state index < -0.39 is 0 Å². The fourth-order valence-electron chi connectivity index (χ4n) is 1.92. The van der Waals surface area contributed by atoms with Crippen LogP contribution in [0.1, 0.15) is 30.2 Å². The Morgan fingerprint density at radius 3 is 2.81 bits per heavy atom. The Labute approximate surface area is 128 Å². The molecule has 0 atom stereocenters. The highest BCUT2D eigenvalue weighted by atomic mass is 32.2. The van der Waals surface area contributed by atoms with Gasteiger partial charge in [-0.15, -0.1) is 0 Å². The van der Waals surface area contributed by atoms with Crippen molar-refractivity contribution in [1.29, 1.82) is 0 Å². The number of aromatic nitrogens is 3. The summed E-state index contributed by atoms with van der Waals surface area (Å²) in [6.07, 6.45) is 2.98. The van der Waals surface area contributed by atoms with Crippen LogP contribution in [0, 0.1) is 13.8 Å². The van der Waals surface area contributed by atoms with Crippen LogP contribution < -0.4 is 10.9 Å². The second-order valence-electron chi connectivity index (χ2n) is 4.94. The molecule has 0 radical (unpaired) electrons. The monoisotopic (exact) mass is 304 g/mol. The topological polar surface area (TPSA) is 70.7 Å². The second kappa shape index (κ2) is 7.38. The van der Waals surface area contributed by atoms with Gasteiger partial charge in [0.05, 0.1) is 0 Å². The lowest BCUT2D eigenvalue weighted by atomic mass is 10.2. The van der Waals surface area contributed by atoms with Crippen LogP contribution in [0.15, 0.2) is 33.3 Å². The maximum atomic E-state index is 11.4. The van der Waals surface area contributed by atoms with Crippen LogP contribution >= 0.6 is 11.8 Å². The van der Waals surface area contributed by atoms with Crippen molar-refractivity contribution < 1.29 is 0 Å². The molecule has 112 valence electrons. The number of nitrogens with zero attached hydrogens (tertiary/aromatic N) is 2. The van der Waals surface area contributed by atoms with Crippen LogP contribution in [0.4, 0.5) is 0 Å². The fourth-order valence-corrected chi connectivity index (χ4v) is 2.77. The molecule has 5 nitrogen and oxygen atoms in total. The van der Waals surface area contributed by atoms with Gasteiger partial charge in [-0.1, -0.05) is 13.0 Å². The molecule has 2 N–H and O–H groups in total. The normalized spacial score (nSPS) is 10.8. The van der Waals surface area contributed by atoms with Gasteiger partial charge in [0.1, 0.15) is 5.03 Å². The quantitative estimate of drug-likeness (QED) is 0.633. The molecule has 0 aliphatic carbocycles. The predicted molar refractivity (Wildman–Crippen MR) is 84.7 cm³/mol. The van der Waals surface area contributed by atoms with Crippen LogP contribution in [0.25, 0.3) is 0 Å². The molecule has 0 aromatic carbocycles. The fraction of sp³-hybridized carbons (Fsp3) is 0.400. The summed E-state index contributed by atoms with van der Waals surface area (Å²) in [5.41, 5.74) is 2.82. The van der Waals surface area contributed by atoms with Crippen LogP contribution in [0.5, 0.6) is 0 Å². The molecular formula is C15H20N4OS. The minimum absolute atomic E-state index is 0.136. The van der Waals surface area contributed by atoms with Gasteiger partial charge in [0.25, 0.3) is 5.56 Å². The summed E-state index contributed by atoms with van der Waals surface area (Å²) in [5, 5.41) is 4.80. The van der Waals surface area contributed by atoms with E-state index in [0.29, 0.717) is 10.9 Å². The summed E-state index contributed by atoms with van der Waals surface area (Å²) in [7, 11) is 0. The Bertz CT molecular complexity index is 669. The second-order valence-corrected chi connectivity index (χ2v) is 5.91. The Morgan fingerprint density at radius 2 is 2.14 bits per heavy atom. The SMILES string of the molecule is CCCNCc1cnc(Sc2nc(C)cc(=O)[nH]2)c(C)c1. The van der Waals surface area contributed by atoms with E-state index in [2.05, 4.69) is 33.3 Å². The molecule has 21 heavy (non-hydrogen) atoms. The van der Waals surface area contributed by atoms with Gasteiger partial charge in [0.15, 0.2) is 5.16 Å². The number of aromatic amines is 1. The van der Waals surface area contributed by atoms with Crippen LogP contribution in [0.2, 0.25) is 0 Å². The zero-order valence-electron chi connectivity index (χ0n) is 12.6. The van der Waals surface area contributed by atoms with Crippen molar-refractivity contribution in [3.8, 4) is 0 Å². The first kappa shape index (κ1) is 15.7. The van der Waals surface area contributed by atoms with E-state index >= 15 is 0 Å². The summed E-state index contributed by atoms with van der Waals surface area (Å²) >= 11 is 1.38. The maximum absolute atomic E-state index is 11.4. The molecule has 0 unspecified atom stereocenters. The third-order valence-electron chi connectivity index (χ3n) is 2.88. The van der Waals surface area contributed by atoms with Crippen molar-refractivity contribution >= 4 is 11.8 Å². The van der Waals surface area contributed by atoms with Crippen molar-refractivity contribution in [2.45, 2.75) is 43.9 Å². The molecule has 0 aliphatic heterocycles. The highest BCUT2D eigenvalue weighted by Crippen LogP contribution is 2.25. The molecule has 2 aromatic heterocycles. The molecule has 0 spiro atoms. The van der Waals surface area contributed by atoms with E-state index in [9.17, 15) is 4.79 Å². The van der Waals surface area contributed by atoms with Crippen LogP contribution in [-0.4, -0.2) is 21.5 Å². The number of hydrogen-bond donors (Lipinski definition) is 2. The first-order valence-electron chi connectivity index (χ1n) is 7.00. The minimum Gasteiger partial charge on any atom is -0.313 e. The van der Waals surface area contributed by atoms with Crippen molar-refractivity contribution in [1.82, 2.24) is 20.3 Å². The van der Waals surface area contributed by atoms with Crippen molar-refractivity contribution in [2.24, 2.45) is 0 Å². The van der Waals surface area contributed by atoms with Crippen molar-refractivity contribution in [2.75, 3.05) is 6.54 Å². The van der Waals surface area contributed by atoms with Gasteiger partial charge in [-0.2, -0.15) is 0 Å². The standard InChI is InChI=1S/C15H20N4OS/c1-4-5-16-8-12-6-10(2)14(17-9-12)21-15-18-11(3)7-13(20)19-15/h6-7,9,16H,4-5,8H2,1-3H3,(H,18,19,20). The number of H-pyrrole nitrogens is 1. The summed E-state index contributed by atoms with van der Waals surface area (Å²) in [6, 6.07) is 3.60. The highest BCUT2D eigenvalue weighted by molar-refractivity contribution is 7.99. The molecular weight excluding hydrogens is 284 g/mol. The third-order valence-corrected chi connectivity index (χ3v) is 3.89. The van der Waals surface area contributed by atoms with E-state index in [4.69, 9.17) is 0 Å². The van der Waals surface area contributed by atoms with Gasteiger partial charge in [-0.05, 0) is 49.7 Å². The summed E-state index contributed by atoms with van der Waals surface area (Å²) in [6.45, 7) is 7.80. The zero-order chi connectivity index (χ0) is 15.2. The summed E-state index contributed by atoms with van der Waals surface area (Å²) in [4.78, 5) is 23.0. The number of pyridine rings is 1. The van der Waals surface area contributed by atoms with E-state index in [-0.39, 0.29) is 5.56 Å². The lowest BCUT2D eigenvalue weighted by molar-refractivity contribution is 0.672. The first-order valence-corrected chi connectivity index (χ1v) is 7.82. The Hall–Kier alpha value is -1.66. The van der Waals surface area contributed by atoms with Crippen LogP contribution in [0.3, 0.4) is 0 Å². The Morgan fingerprint density at radius 1 is 1.33 bits per heavy atom. The molecule has 0 fully saturated rings. The molecule has 2 rings (SSSR count). The summed E-state index contributed by atoms with van der Waals surface area (Å²) < 4.78 is 0. The number of aryl methyl sites for hydroxylation is 2. The average Bonchev–Trinajstić information content (AvgIpc) is 2.41. The average molecular weight is 304 g/mol. The van der Waals surface area contributed by atoms with E-state index in [1.54, 1.807) is 0 Å². The van der Waals surface area contributed by atoms with Gasteiger partial charge in [-0.25, -0.2) is 9.97 Å². The first-order chi connectivity index (χ1) is 10.1. The number of rotatable bonds is 6. The van der Waals surface area contributed by atoms with Crippen LogP contribution in [-0.2, 0) is 6.54 Å². The smallest absolute Gasteiger partial charge is 0.251 e.